The molecule has 2 aromatic carbocycles. The summed E-state index contributed by atoms with van der Waals surface area (Å²) in [4.78, 5) is 29.8. The van der Waals surface area contributed by atoms with Gasteiger partial charge in [-0.15, -0.1) is 0 Å². The summed E-state index contributed by atoms with van der Waals surface area (Å²) in [5, 5.41) is 23.2. The first-order valence-electron chi connectivity index (χ1n) is 16.4. The van der Waals surface area contributed by atoms with Gasteiger partial charge in [0.25, 0.3) is 11.8 Å². The minimum Gasteiger partial charge on any atom is -0.487 e. The molecule has 2 bridgehead atoms. The van der Waals surface area contributed by atoms with E-state index in [9.17, 15) is 28.2 Å². The number of likely N-dealkylation sites (N-methyl/N-ethyl adjacent to an activating group) is 1. The van der Waals surface area contributed by atoms with Gasteiger partial charge in [0.15, 0.2) is 6.10 Å². The van der Waals surface area contributed by atoms with E-state index < -0.39 is 50.6 Å². The van der Waals surface area contributed by atoms with Crippen molar-refractivity contribution in [2.45, 2.75) is 75.9 Å². The van der Waals surface area contributed by atoms with Crippen molar-refractivity contribution in [3.8, 4) is 5.75 Å². The molecule has 1 saturated carbocycles. The first kappa shape index (κ1) is 35.2. The Hall–Kier alpha value is -3.12. The predicted octanol–water partition coefficient (Wildman–Crippen LogP) is 4.31. The maximum absolute atomic E-state index is 13.4. The lowest BCUT2D eigenvalue weighted by atomic mass is 9.62. The fourth-order valence-electron chi connectivity index (χ4n) is 6.87. The third kappa shape index (κ3) is 7.48. The minimum absolute atomic E-state index is 0.0923. The minimum atomic E-state index is -4.08. The number of aryl methyl sites for hydroxylation is 1. The Morgan fingerprint density at radius 2 is 1.89 bits per heavy atom. The van der Waals surface area contributed by atoms with Crippen molar-refractivity contribution in [1.29, 1.82) is 0 Å². The van der Waals surface area contributed by atoms with Gasteiger partial charge in [0.05, 0.1) is 10.9 Å². The number of allylic oxidation sites excluding steroid dienone is 1. The molecule has 0 saturated heterocycles. The number of benzene rings is 2. The van der Waals surface area contributed by atoms with E-state index in [1.807, 2.05) is 18.2 Å². The Morgan fingerprint density at radius 1 is 1.13 bits per heavy atom. The molecular formula is C35H46ClN3O7S. The molecular weight excluding hydrogens is 642 g/mol. The molecule has 2 aromatic rings. The number of ether oxygens (including phenoxy) is 1. The standard InChI is InChI=1S/C35H46ClN3O7S/c1-22-8-7-16-35(43,32(40)34(42)38(3)4)29-14-11-26(29)20-39-17-6-5-9-24-18-28(36)13-10-27(24)21-46-31-15-12-25(19-30(31)39)33(41)37-47(44,45)23(22)2/h7,10,12-13,15-16,18-19,22-23,26,29,32,40,43H,5-6,8-9,11,14,17,20-21H2,1-4H3,(H,37,41)/b16-7+/t22-,23+,26-,29+,32-,35+/m0/s1. The van der Waals surface area contributed by atoms with Crippen molar-refractivity contribution in [3.05, 3.63) is 70.3 Å². The molecule has 0 unspecified atom stereocenters. The van der Waals surface area contributed by atoms with Crippen LogP contribution in [0.2, 0.25) is 5.02 Å². The van der Waals surface area contributed by atoms with Gasteiger partial charge in [-0.1, -0.05) is 36.7 Å². The predicted molar refractivity (Wildman–Crippen MR) is 182 cm³/mol. The molecule has 0 aromatic heterocycles. The number of halogens is 1. The molecule has 256 valence electrons. The van der Waals surface area contributed by atoms with Gasteiger partial charge < -0.3 is 24.7 Å². The number of amides is 2. The maximum Gasteiger partial charge on any atom is 0.264 e. The fourth-order valence-corrected chi connectivity index (χ4v) is 8.35. The van der Waals surface area contributed by atoms with E-state index in [0.717, 1.165) is 36.8 Å². The van der Waals surface area contributed by atoms with Crippen LogP contribution in [0.3, 0.4) is 0 Å². The first-order valence-corrected chi connectivity index (χ1v) is 18.3. The zero-order valence-electron chi connectivity index (χ0n) is 27.5. The summed E-state index contributed by atoms with van der Waals surface area (Å²) in [5.74, 6) is -1.77. The van der Waals surface area contributed by atoms with Crippen molar-refractivity contribution in [2.24, 2.45) is 17.8 Å². The number of carbonyl (C=O) groups is 2. The summed E-state index contributed by atoms with van der Waals surface area (Å²) in [6.45, 7) is 4.62. The quantitative estimate of drug-likeness (QED) is 0.398. The van der Waals surface area contributed by atoms with Crippen LogP contribution in [0.15, 0.2) is 48.6 Å². The number of nitrogens with one attached hydrogen (secondary N) is 1. The molecule has 12 heteroatoms. The second kappa shape index (κ2) is 14.2. The highest BCUT2D eigenvalue weighted by molar-refractivity contribution is 7.90. The summed E-state index contributed by atoms with van der Waals surface area (Å²) in [7, 11) is -1.01. The zero-order valence-corrected chi connectivity index (χ0v) is 29.1. The highest BCUT2D eigenvalue weighted by Crippen LogP contribution is 2.46. The third-order valence-corrected chi connectivity index (χ3v) is 12.4. The first-order chi connectivity index (χ1) is 22.2. The number of rotatable bonds is 2. The highest BCUT2D eigenvalue weighted by atomic mass is 35.5. The van der Waals surface area contributed by atoms with Crippen LogP contribution in [-0.4, -0.2) is 79.5 Å². The number of hydrogen-bond acceptors (Lipinski definition) is 8. The van der Waals surface area contributed by atoms with Gasteiger partial charge in [-0.05, 0) is 105 Å². The van der Waals surface area contributed by atoms with Crippen LogP contribution in [0, 0.1) is 17.8 Å². The number of sulfonamides is 1. The van der Waals surface area contributed by atoms with E-state index in [4.69, 9.17) is 16.3 Å². The molecule has 0 spiro atoms. The van der Waals surface area contributed by atoms with Crippen LogP contribution in [0.4, 0.5) is 5.69 Å². The van der Waals surface area contributed by atoms with Gasteiger partial charge >= 0.3 is 0 Å². The van der Waals surface area contributed by atoms with Crippen LogP contribution < -0.4 is 14.4 Å². The largest absolute Gasteiger partial charge is 0.487 e. The average molecular weight is 688 g/mol. The lowest BCUT2D eigenvalue weighted by Crippen LogP contribution is -2.59. The Kier molecular flexibility index (Phi) is 10.6. The van der Waals surface area contributed by atoms with Gasteiger partial charge in [-0.25, -0.2) is 13.1 Å². The zero-order chi connectivity index (χ0) is 34.1. The van der Waals surface area contributed by atoms with Gasteiger partial charge in [0, 0.05) is 37.8 Å². The summed E-state index contributed by atoms with van der Waals surface area (Å²) in [6.07, 6.45) is 5.52. The average Bonchev–Trinajstić information content (AvgIpc) is 3.04. The number of anilines is 1. The van der Waals surface area contributed by atoms with E-state index >= 15 is 0 Å². The maximum atomic E-state index is 13.4. The molecule has 2 amide bonds. The van der Waals surface area contributed by atoms with Crippen molar-refractivity contribution in [2.75, 3.05) is 32.1 Å². The molecule has 6 atom stereocenters. The normalized spacial score (nSPS) is 29.3. The molecule has 1 fully saturated rings. The molecule has 3 aliphatic rings. The smallest absolute Gasteiger partial charge is 0.264 e. The van der Waals surface area contributed by atoms with Crippen molar-refractivity contribution >= 4 is 39.1 Å². The summed E-state index contributed by atoms with van der Waals surface area (Å²) >= 11 is 6.32. The van der Waals surface area contributed by atoms with E-state index in [1.54, 1.807) is 31.2 Å². The van der Waals surface area contributed by atoms with Crippen molar-refractivity contribution in [1.82, 2.24) is 9.62 Å². The third-order valence-electron chi connectivity index (χ3n) is 10.2. The molecule has 1 aliphatic carbocycles. The van der Waals surface area contributed by atoms with E-state index in [2.05, 4.69) is 9.62 Å². The SMILES string of the molecule is C[C@@H]1[C@@H](C)C/C=C/[C@](O)([C@@H](O)C(=O)N(C)C)[C@@H]2CC[C@H]2CN2CCCCc3cc(Cl)ccc3COc3ccc(cc32)C(=O)NS1(=O)=O. The topological polar surface area (TPSA) is 136 Å². The van der Waals surface area contributed by atoms with Crippen LogP contribution in [-0.2, 0) is 27.8 Å². The van der Waals surface area contributed by atoms with Crippen LogP contribution in [0.25, 0.3) is 0 Å². The molecule has 10 nitrogen and oxygen atoms in total. The fraction of sp³-hybridized carbons (Fsp3) is 0.543. The second-order valence-corrected chi connectivity index (χ2v) is 16.0. The molecule has 3 N–H and O–H groups in total. The summed E-state index contributed by atoms with van der Waals surface area (Å²) in [5.41, 5.74) is 1.07. The van der Waals surface area contributed by atoms with Crippen LogP contribution in [0.5, 0.6) is 5.75 Å². The Balaban J connectivity index is 1.59. The van der Waals surface area contributed by atoms with Crippen molar-refractivity contribution in [3.63, 3.8) is 0 Å². The second-order valence-electron chi connectivity index (χ2n) is 13.6. The van der Waals surface area contributed by atoms with Gasteiger partial charge in [0.1, 0.15) is 18.0 Å². The van der Waals surface area contributed by atoms with Gasteiger partial charge in [-0.3, -0.25) is 9.59 Å². The van der Waals surface area contributed by atoms with Crippen molar-refractivity contribution < 1.29 is 33.0 Å². The van der Waals surface area contributed by atoms with E-state index in [0.29, 0.717) is 36.0 Å². The summed E-state index contributed by atoms with van der Waals surface area (Å²) in [6, 6.07) is 10.7. The van der Waals surface area contributed by atoms with Crippen LogP contribution in [0.1, 0.15) is 67.4 Å². The highest BCUT2D eigenvalue weighted by Gasteiger charge is 2.52. The number of hydrogen-bond donors (Lipinski definition) is 3. The number of carbonyl (C=O) groups excluding carboxylic acids is 2. The Morgan fingerprint density at radius 3 is 2.60 bits per heavy atom. The monoisotopic (exact) mass is 687 g/mol. The van der Waals surface area contributed by atoms with Gasteiger partial charge in [0.2, 0.25) is 10.0 Å². The Bertz CT molecular complexity index is 1630. The number of fused-ring (bicyclic) bond motifs is 3. The lowest BCUT2D eigenvalue weighted by molar-refractivity contribution is -0.163. The number of aliphatic hydroxyl groups excluding tert-OH is 1. The molecule has 2 heterocycles. The molecule has 47 heavy (non-hydrogen) atoms. The molecule has 5 rings (SSSR count). The van der Waals surface area contributed by atoms with E-state index in [-0.39, 0.29) is 24.5 Å². The lowest BCUT2D eigenvalue weighted by Gasteiger charge is -2.49. The molecule has 0 radical (unpaired) electrons. The van der Waals surface area contributed by atoms with Gasteiger partial charge in [-0.2, -0.15) is 0 Å². The van der Waals surface area contributed by atoms with Crippen LogP contribution >= 0.6 is 11.6 Å². The number of aliphatic hydroxyl groups is 2. The molecule has 2 aliphatic heterocycles. The Labute approximate surface area is 282 Å². The van der Waals surface area contributed by atoms with E-state index in [1.165, 1.54) is 32.0 Å². The number of nitrogens with zero attached hydrogens (tertiary/aromatic N) is 2. The summed E-state index contributed by atoms with van der Waals surface area (Å²) < 4.78 is 35.3.